The maximum Gasteiger partial charge on any atom is 0.0902 e. The zero-order valence-electron chi connectivity index (χ0n) is 11.6. The SMILES string of the molecule is CCCC(C(N)=S)N1CCN(CC(C)CO)CC1. The lowest BCUT2D eigenvalue weighted by atomic mass is 10.1. The Morgan fingerprint density at radius 1 is 1.33 bits per heavy atom. The monoisotopic (exact) mass is 273 g/mol. The fourth-order valence-electron chi connectivity index (χ4n) is 2.53. The van der Waals surface area contributed by atoms with Gasteiger partial charge in [-0.05, 0) is 12.3 Å². The van der Waals surface area contributed by atoms with Crippen molar-refractivity contribution in [3.05, 3.63) is 0 Å². The topological polar surface area (TPSA) is 52.7 Å². The summed E-state index contributed by atoms with van der Waals surface area (Å²) in [5, 5.41) is 9.08. The van der Waals surface area contributed by atoms with Crippen LogP contribution in [0.4, 0.5) is 0 Å². The maximum absolute atomic E-state index is 9.08. The number of hydrogen-bond acceptors (Lipinski definition) is 4. The molecule has 0 aromatic heterocycles. The van der Waals surface area contributed by atoms with Crippen molar-refractivity contribution in [2.45, 2.75) is 32.7 Å². The molecular weight excluding hydrogens is 246 g/mol. The third-order valence-corrected chi connectivity index (χ3v) is 3.89. The van der Waals surface area contributed by atoms with Gasteiger partial charge in [0.25, 0.3) is 0 Å². The molecule has 1 aliphatic heterocycles. The van der Waals surface area contributed by atoms with E-state index in [1.807, 2.05) is 0 Å². The van der Waals surface area contributed by atoms with Gasteiger partial charge >= 0.3 is 0 Å². The van der Waals surface area contributed by atoms with Crippen LogP contribution in [-0.2, 0) is 0 Å². The molecule has 2 unspecified atom stereocenters. The first kappa shape index (κ1) is 15.8. The van der Waals surface area contributed by atoms with E-state index in [4.69, 9.17) is 23.1 Å². The van der Waals surface area contributed by atoms with E-state index in [0.29, 0.717) is 10.9 Å². The molecule has 106 valence electrons. The second-order valence-corrected chi connectivity index (χ2v) is 5.80. The van der Waals surface area contributed by atoms with Crippen molar-refractivity contribution in [2.75, 3.05) is 39.3 Å². The fourth-order valence-corrected chi connectivity index (χ4v) is 2.80. The molecule has 0 aliphatic carbocycles. The van der Waals surface area contributed by atoms with Crippen molar-refractivity contribution in [1.82, 2.24) is 9.80 Å². The molecule has 4 nitrogen and oxygen atoms in total. The van der Waals surface area contributed by atoms with Crippen LogP contribution in [0.25, 0.3) is 0 Å². The van der Waals surface area contributed by atoms with Crippen molar-refractivity contribution < 1.29 is 5.11 Å². The first-order valence-corrected chi connectivity index (χ1v) is 7.35. The number of rotatable bonds is 7. The second-order valence-electron chi connectivity index (χ2n) is 5.33. The lowest BCUT2D eigenvalue weighted by Gasteiger charge is -2.39. The highest BCUT2D eigenvalue weighted by molar-refractivity contribution is 7.80. The molecular formula is C13H27N3OS. The predicted octanol–water partition coefficient (Wildman–Crippen LogP) is 0.687. The largest absolute Gasteiger partial charge is 0.396 e. The Balaban J connectivity index is 2.39. The number of nitrogens with two attached hydrogens (primary N) is 1. The lowest BCUT2D eigenvalue weighted by Crippen LogP contribution is -2.54. The molecule has 1 heterocycles. The molecule has 0 spiro atoms. The Kier molecular flexibility index (Phi) is 7.07. The van der Waals surface area contributed by atoms with Gasteiger partial charge in [0, 0.05) is 39.3 Å². The third kappa shape index (κ3) is 4.80. The van der Waals surface area contributed by atoms with Gasteiger partial charge in [-0.15, -0.1) is 0 Å². The zero-order chi connectivity index (χ0) is 13.5. The molecule has 1 fully saturated rings. The van der Waals surface area contributed by atoms with Crippen LogP contribution >= 0.6 is 12.2 Å². The molecule has 0 saturated carbocycles. The van der Waals surface area contributed by atoms with Crippen LogP contribution in [0, 0.1) is 5.92 Å². The molecule has 1 saturated heterocycles. The summed E-state index contributed by atoms with van der Waals surface area (Å²) in [6, 6.07) is 0.266. The van der Waals surface area contributed by atoms with Crippen molar-refractivity contribution >= 4 is 17.2 Å². The fraction of sp³-hybridized carbons (Fsp3) is 0.923. The number of aliphatic hydroxyl groups excluding tert-OH is 1. The summed E-state index contributed by atoms with van der Waals surface area (Å²) in [5.41, 5.74) is 5.83. The van der Waals surface area contributed by atoms with Crippen molar-refractivity contribution in [3.8, 4) is 0 Å². The zero-order valence-corrected chi connectivity index (χ0v) is 12.5. The minimum absolute atomic E-state index is 0.266. The number of hydrogen-bond donors (Lipinski definition) is 2. The van der Waals surface area contributed by atoms with Gasteiger partial charge < -0.3 is 15.7 Å². The van der Waals surface area contributed by atoms with E-state index in [0.717, 1.165) is 45.6 Å². The average Bonchev–Trinajstić information content (AvgIpc) is 2.36. The highest BCUT2D eigenvalue weighted by atomic mass is 32.1. The summed E-state index contributed by atoms with van der Waals surface area (Å²) in [4.78, 5) is 5.46. The van der Waals surface area contributed by atoms with Gasteiger partial charge in [-0.3, -0.25) is 4.90 Å². The molecule has 0 bridgehead atoms. The normalized spacial score (nSPS) is 21.7. The van der Waals surface area contributed by atoms with Crippen molar-refractivity contribution in [3.63, 3.8) is 0 Å². The van der Waals surface area contributed by atoms with Gasteiger partial charge in [0.2, 0.25) is 0 Å². The molecule has 0 aromatic carbocycles. The summed E-state index contributed by atoms with van der Waals surface area (Å²) in [7, 11) is 0. The summed E-state index contributed by atoms with van der Waals surface area (Å²) >= 11 is 5.17. The van der Waals surface area contributed by atoms with E-state index in [2.05, 4.69) is 23.6 Å². The molecule has 0 amide bonds. The number of aliphatic hydroxyl groups is 1. The standard InChI is InChI=1S/C13H27N3OS/c1-3-4-12(13(14)18)16-7-5-15(6-8-16)9-11(2)10-17/h11-12,17H,3-10H2,1-2H3,(H2,14,18). The highest BCUT2D eigenvalue weighted by Gasteiger charge is 2.25. The van der Waals surface area contributed by atoms with Gasteiger partial charge in [0.15, 0.2) is 0 Å². The summed E-state index contributed by atoms with van der Waals surface area (Å²) in [5.74, 6) is 0.360. The van der Waals surface area contributed by atoms with Crippen LogP contribution in [0.15, 0.2) is 0 Å². The first-order valence-electron chi connectivity index (χ1n) is 6.95. The second kappa shape index (κ2) is 8.04. The average molecular weight is 273 g/mol. The van der Waals surface area contributed by atoms with Crippen LogP contribution in [0.1, 0.15) is 26.7 Å². The Morgan fingerprint density at radius 2 is 1.94 bits per heavy atom. The van der Waals surface area contributed by atoms with E-state index in [1.54, 1.807) is 0 Å². The Morgan fingerprint density at radius 3 is 2.39 bits per heavy atom. The van der Waals surface area contributed by atoms with Gasteiger partial charge in [0.05, 0.1) is 11.0 Å². The van der Waals surface area contributed by atoms with Crippen LogP contribution in [0.5, 0.6) is 0 Å². The van der Waals surface area contributed by atoms with Crippen LogP contribution < -0.4 is 5.73 Å². The lowest BCUT2D eigenvalue weighted by molar-refractivity contribution is 0.0928. The number of nitrogens with zero attached hydrogens (tertiary/aromatic N) is 2. The number of thiocarbonyl (C=S) groups is 1. The Labute approximate surface area is 116 Å². The molecule has 1 rings (SSSR count). The molecule has 18 heavy (non-hydrogen) atoms. The Bertz CT molecular complexity index is 255. The van der Waals surface area contributed by atoms with Crippen LogP contribution in [-0.4, -0.2) is 65.3 Å². The molecule has 0 aromatic rings. The summed E-state index contributed by atoms with van der Waals surface area (Å²) in [6.07, 6.45) is 2.17. The van der Waals surface area contributed by atoms with Crippen molar-refractivity contribution in [2.24, 2.45) is 11.7 Å². The number of piperazine rings is 1. The van der Waals surface area contributed by atoms with Crippen LogP contribution in [0.2, 0.25) is 0 Å². The van der Waals surface area contributed by atoms with Gasteiger partial charge in [-0.2, -0.15) is 0 Å². The molecule has 5 heteroatoms. The van der Waals surface area contributed by atoms with E-state index in [1.165, 1.54) is 0 Å². The summed E-state index contributed by atoms with van der Waals surface area (Å²) in [6.45, 7) is 9.66. The Hall–Kier alpha value is -0.230. The van der Waals surface area contributed by atoms with Gasteiger partial charge in [0.1, 0.15) is 0 Å². The predicted molar refractivity (Wildman–Crippen MR) is 79.7 cm³/mol. The summed E-state index contributed by atoms with van der Waals surface area (Å²) < 4.78 is 0. The first-order chi connectivity index (χ1) is 8.58. The van der Waals surface area contributed by atoms with E-state index in [-0.39, 0.29) is 12.6 Å². The molecule has 0 radical (unpaired) electrons. The van der Waals surface area contributed by atoms with Crippen LogP contribution in [0.3, 0.4) is 0 Å². The van der Waals surface area contributed by atoms with E-state index >= 15 is 0 Å². The van der Waals surface area contributed by atoms with Gasteiger partial charge in [-0.1, -0.05) is 32.5 Å². The minimum atomic E-state index is 0.266. The maximum atomic E-state index is 9.08. The van der Waals surface area contributed by atoms with E-state index < -0.39 is 0 Å². The van der Waals surface area contributed by atoms with Gasteiger partial charge in [-0.25, -0.2) is 0 Å². The smallest absolute Gasteiger partial charge is 0.0902 e. The molecule has 3 N–H and O–H groups in total. The third-order valence-electron chi connectivity index (χ3n) is 3.62. The van der Waals surface area contributed by atoms with Crippen molar-refractivity contribution in [1.29, 1.82) is 0 Å². The van der Waals surface area contributed by atoms with E-state index in [9.17, 15) is 0 Å². The quantitative estimate of drug-likeness (QED) is 0.668. The molecule has 2 atom stereocenters. The minimum Gasteiger partial charge on any atom is -0.396 e. The molecule has 1 aliphatic rings. The highest BCUT2D eigenvalue weighted by Crippen LogP contribution is 2.12.